The van der Waals surface area contributed by atoms with Crippen LogP contribution in [0.4, 0.5) is 0 Å². The van der Waals surface area contributed by atoms with E-state index in [-0.39, 0.29) is 24.3 Å². The molecule has 0 aliphatic carbocycles. The number of carbonyl (C=O) groups is 1. The van der Waals surface area contributed by atoms with Crippen LogP contribution in [0.2, 0.25) is 0 Å². The Morgan fingerprint density at radius 3 is 2.81 bits per heavy atom. The van der Waals surface area contributed by atoms with Gasteiger partial charge in [0, 0.05) is 57.2 Å². The molecule has 1 aromatic carbocycles. The monoisotopic (exact) mass is 433 g/mol. The molecule has 0 saturated carbocycles. The maximum Gasteiger partial charge on any atom is 0.227 e. The second-order valence-corrected chi connectivity index (χ2v) is 8.53. The summed E-state index contributed by atoms with van der Waals surface area (Å²) in [6, 6.07) is 12.3. The highest BCUT2D eigenvalue weighted by Gasteiger charge is 2.29. The molecule has 7 nitrogen and oxygen atoms in total. The van der Waals surface area contributed by atoms with E-state index in [0.29, 0.717) is 13.1 Å². The van der Waals surface area contributed by atoms with Gasteiger partial charge in [0.25, 0.3) is 0 Å². The zero-order valence-corrected chi connectivity index (χ0v) is 18.4. The van der Waals surface area contributed by atoms with Crippen molar-refractivity contribution in [3.8, 4) is 0 Å². The first-order chi connectivity index (χ1) is 15.6. The van der Waals surface area contributed by atoms with Gasteiger partial charge < -0.3 is 15.7 Å². The molecule has 2 aromatic rings. The van der Waals surface area contributed by atoms with Crippen LogP contribution in [-0.4, -0.2) is 52.5 Å². The zero-order valence-electron chi connectivity index (χ0n) is 18.4. The van der Waals surface area contributed by atoms with Crippen LogP contribution in [0.1, 0.15) is 23.6 Å². The number of β-amino-alcohol motifs (C(OH)–C–C–N with tert-alkyl or cyclic N) is 1. The first-order valence-electron chi connectivity index (χ1n) is 11.2. The summed E-state index contributed by atoms with van der Waals surface area (Å²) in [6.07, 6.45) is 7.41. The van der Waals surface area contributed by atoms with Gasteiger partial charge in [-0.15, -0.1) is 0 Å². The highest BCUT2D eigenvalue weighted by Crippen LogP contribution is 2.20. The number of nitrogens with zero attached hydrogens (tertiary/aromatic N) is 3. The average molecular weight is 434 g/mol. The van der Waals surface area contributed by atoms with E-state index in [4.69, 9.17) is 0 Å². The molecular formula is C25H31N5O2. The Morgan fingerprint density at radius 1 is 1.22 bits per heavy atom. The van der Waals surface area contributed by atoms with Gasteiger partial charge in [-0.3, -0.25) is 14.7 Å². The molecule has 1 amide bonds. The molecule has 2 aliphatic heterocycles. The number of amides is 1. The van der Waals surface area contributed by atoms with Crippen LogP contribution in [0.5, 0.6) is 0 Å². The number of aliphatic hydroxyl groups excluding tert-OH is 1. The minimum absolute atomic E-state index is 0.0717. The highest BCUT2D eigenvalue weighted by atomic mass is 16.3. The fourth-order valence-electron chi connectivity index (χ4n) is 4.29. The Morgan fingerprint density at radius 2 is 2.00 bits per heavy atom. The molecule has 4 rings (SSSR count). The normalized spacial score (nSPS) is 21.4. The van der Waals surface area contributed by atoms with Crippen molar-refractivity contribution in [2.75, 3.05) is 19.6 Å². The number of rotatable bonds is 7. The number of amidine groups is 1. The van der Waals surface area contributed by atoms with Gasteiger partial charge in [-0.25, -0.2) is 4.99 Å². The minimum Gasteiger partial charge on any atom is -0.390 e. The van der Waals surface area contributed by atoms with E-state index in [0.717, 1.165) is 30.9 Å². The number of aliphatic hydroxyl groups is 1. The number of fused-ring (bicyclic) bond motifs is 1. The summed E-state index contributed by atoms with van der Waals surface area (Å²) in [5.74, 6) is 0.311. The van der Waals surface area contributed by atoms with Crippen LogP contribution in [0.3, 0.4) is 0 Å². The average Bonchev–Trinajstić information content (AvgIpc) is 2.82. The van der Waals surface area contributed by atoms with E-state index >= 15 is 0 Å². The second-order valence-electron chi connectivity index (χ2n) is 8.53. The van der Waals surface area contributed by atoms with Crippen molar-refractivity contribution in [2.45, 2.75) is 32.5 Å². The lowest BCUT2D eigenvalue weighted by Gasteiger charge is -2.30. The first-order valence-corrected chi connectivity index (χ1v) is 11.2. The number of benzene rings is 1. The van der Waals surface area contributed by atoms with E-state index in [1.807, 2.05) is 25.1 Å². The second kappa shape index (κ2) is 10.5. The number of aliphatic imine (C=N–C) groups is 1. The van der Waals surface area contributed by atoms with Crippen molar-refractivity contribution < 1.29 is 9.90 Å². The third-order valence-corrected chi connectivity index (χ3v) is 6.19. The van der Waals surface area contributed by atoms with E-state index in [1.54, 1.807) is 18.6 Å². The van der Waals surface area contributed by atoms with Crippen LogP contribution in [0.15, 0.2) is 66.1 Å². The molecule has 0 bridgehead atoms. The van der Waals surface area contributed by atoms with Crippen molar-refractivity contribution in [2.24, 2.45) is 16.8 Å². The summed E-state index contributed by atoms with van der Waals surface area (Å²) >= 11 is 0. The van der Waals surface area contributed by atoms with Crippen molar-refractivity contribution in [1.29, 1.82) is 0 Å². The van der Waals surface area contributed by atoms with Crippen LogP contribution < -0.4 is 10.6 Å². The number of nitrogens with one attached hydrogen (secondary N) is 2. The van der Waals surface area contributed by atoms with Crippen LogP contribution in [-0.2, 0) is 24.3 Å². The number of hydrogen-bond acceptors (Lipinski definition) is 6. The van der Waals surface area contributed by atoms with Crippen LogP contribution in [0, 0.1) is 11.8 Å². The van der Waals surface area contributed by atoms with Crippen molar-refractivity contribution in [3.05, 3.63) is 77.8 Å². The van der Waals surface area contributed by atoms with Gasteiger partial charge >= 0.3 is 0 Å². The van der Waals surface area contributed by atoms with Gasteiger partial charge in [0.2, 0.25) is 5.91 Å². The van der Waals surface area contributed by atoms with E-state index < -0.39 is 6.10 Å². The van der Waals surface area contributed by atoms with Crippen molar-refractivity contribution in [3.63, 3.8) is 0 Å². The van der Waals surface area contributed by atoms with Gasteiger partial charge in [0.05, 0.1) is 12.0 Å². The van der Waals surface area contributed by atoms with Gasteiger partial charge in [-0.2, -0.15) is 0 Å². The van der Waals surface area contributed by atoms with Gasteiger partial charge in [-0.05, 0) is 35.2 Å². The fraction of sp³-hybridized carbons (Fsp3) is 0.400. The first kappa shape index (κ1) is 22.2. The molecule has 1 aromatic heterocycles. The predicted molar refractivity (Wildman–Crippen MR) is 125 cm³/mol. The highest BCUT2D eigenvalue weighted by molar-refractivity contribution is 5.93. The predicted octanol–water partition coefficient (Wildman–Crippen LogP) is 1.88. The standard InChI is InChI=1S/C25H31N5O2/c1-18-23(8-12-27-24(18)28-14-19-6-10-26-11-7-19)25(32)29-15-22(31)17-30-13-9-20-4-2-3-5-21(20)16-30/h2-8,10-12,18,22-23,31H,9,13-17H2,1H3,(H,27,28)(H,29,32)/t18-,22+,23+/m1/s1. The minimum atomic E-state index is -0.606. The Kier molecular flexibility index (Phi) is 7.29. The molecule has 0 spiro atoms. The molecule has 0 fully saturated rings. The fourth-order valence-corrected chi connectivity index (χ4v) is 4.29. The number of aromatic nitrogens is 1. The molecule has 0 unspecified atom stereocenters. The molecule has 3 heterocycles. The lowest BCUT2D eigenvalue weighted by molar-refractivity contribution is -0.124. The van der Waals surface area contributed by atoms with E-state index in [1.165, 1.54) is 11.1 Å². The lowest BCUT2D eigenvalue weighted by Crippen LogP contribution is -2.45. The topological polar surface area (TPSA) is 89.8 Å². The summed E-state index contributed by atoms with van der Waals surface area (Å²) in [4.78, 5) is 23.5. The maximum absolute atomic E-state index is 12.8. The molecule has 7 heteroatoms. The number of hydrogen-bond donors (Lipinski definition) is 3. The molecule has 0 radical (unpaired) electrons. The SMILES string of the molecule is C[C@H]1C(NCc2ccncc2)=NC=C[C@@H]1C(=O)NC[C@H](O)CN1CCc2ccccc2C1. The van der Waals surface area contributed by atoms with Crippen molar-refractivity contribution in [1.82, 2.24) is 20.5 Å². The molecule has 0 saturated heterocycles. The quantitative estimate of drug-likeness (QED) is 0.620. The Hall–Kier alpha value is -3.03. The third-order valence-electron chi connectivity index (χ3n) is 6.19. The molecule has 3 atom stereocenters. The summed E-state index contributed by atoms with van der Waals surface area (Å²) in [6.45, 7) is 5.18. The Bertz CT molecular complexity index is 975. The summed E-state index contributed by atoms with van der Waals surface area (Å²) in [5.41, 5.74) is 3.82. The lowest BCUT2D eigenvalue weighted by atomic mass is 9.90. The number of pyridine rings is 1. The Balaban J connectivity index is 1.23. The van der Waals surface area contributed by atoms with Crippen LogP contribution in [0.25, 0.3) is 0 Å². The molecule has 3 N–H and O–H groups in total. The third kappa shape index (κ3) is 5.60. The van der Waals surface area contributed by atoms with E-state index in [2.05, 4.69) is 49.8 Å². The van der Waals surface area contributed by atoms with Crippen molar-refractivity contribution >= 4 is 11.7 Å². The smallest absolute Gasteiger partial charge is 0.227 e. The van der Waals surface area contributed by atoms with Crippen LogP contribution >= 0.6 is 0 Å². The zero-order chi connectivity index (χ0) is 22.3. The van der Waals surface area contributed by atoms with Gasteiger partial charge in [0.15, 0.2) is 0 Å². The molecule has 2 aliphatic rings. The largest absolute Gasteiger partial charge is 0.390 e. The summed E-state index contributed by atoms with van der Waals surface area (Å²) in [5, 5.41) is 16.8. The number of carbonyl (C=O) groups excluding carboxylic acids is 1. The Labute approximate surface area is 189 Å². The molecule has 32 heavy (non-hydrogen) atoms. The maximum atomic E-state index is 12.8. The molecule has 168 valence electrons. The summed E-state index contributed by atoms with van der Waals surface area (Å²) in [7, 11) is 0. The van der Waals surface area contributed by atoms with Gasteiger partial charge in [0.1, 0.15) is 5.84 Å². The van der Waals surface area contributed by atoms with Gasteiger partial charge in [-0.1, -0.05) is 37.3 Å². The molecular weight excluding hydrogens is 402 g/mol. The summed E-state index contributed by atoms with van der Waals surface area (Å²) < 4.78 is 0. The van der Waals surface area contributed by atoms with E-state index in [9.17, 15) is 9.90 Å².